The monoisotopic (exact) mass is 415 g/mol. The molecule has 0 atom stereocenters. The van der Waals surface area contributed by atoms with Crippen LogP contribution in [0.15, 0.2) is 47.6 Å². The first-order valence-electron chi connectivity index (χ1n) is 8.82. The number of halogens is 1. The van der Waals surface area contributed by atoms with E-state index in [-0.39, 0.29) is 11.7 Å². The Bertz CT molecular complexity index is 973. The molecule has 0 spiro atoms. The highest BCUT2D eigenvalue weighted by atomic mass is 35.5. The van der Waals surface area contributed by atoms with Crippen molar-refractivity contribution in [2.75, 3.05) is 18.2 Å². The molecule has 1 amide bonds. The number of thioether (sulfide) groups is 1. The summed E-state index contributed by atoms with van der Waals surface area (Å²) < 4.78 is 5.30. The number of benzene rings is 2. The highest BCUT2D eigenvalue weighted by molar-refractivity contribution is 7.99. The van der Waals surface area contributed by atoms with Gasteiger partial charge in [0.1, 0.15) is 5.75 Å². The van der Waals surface area contributed by atoms with Crippen molar-refractivity contribution in [3.8, 4) is 5.75 Å². The Hall–Kier alpha value is -2.44. The molecule has 2 aromatic carbocycles. The Morgan fingerprint density at radius 1 is 1.25 bits per heavy atom. The SMILES string of the molecule is COc1cc(Cl)c(C)cc1NC(=O)CSc1nc(Cc2ccccc2)c(C)[nH]1. The van der Waals surface area contributed by atoms with Gasteiger partial charge >= 0.3 is 0 Å². The highest BCUT2D eigenvalue weighted by Crippen LogP contribution is 2.31. The van der Waals surface area contributed by atoms with Gasteiger partial charge in [-0.25, -0.2) is 4.98 Å². The Morgan fingerprint density at radius 2 is 2.00 bits per heavy atom. The number of H-pyrrole nitrogens is 1. The van der Waals surface area contributed by atoms with Gasteiger partial charge in [0.25, 0.3) is 0 Å². The lowest BCUT2D eigenvalue weighted by Crippen LogP contribution is -2.15. The van der Waals surface area contributed by atoms with E-state index < -0.39 is 0 Å². The van der Waals surface area contributed by atoms with Gasteiger partial charge in [0.2, 0.25) is 5.91 Å². The van der Waals surface area contributed by atoms with Crippen molar-refractivity contribution in [1.29, 1.82) is 0 Å². The number of nitrogens with zero attached hydrogens (tertiary/aromatic N) is 1. The molecule has 1 aromatic heterocycles. The number of imidazole rings is 1. The molecule has 3 rings (SSSR count). The quantitative estimate of drug-likeness (QED) is 0.532. The zero-order valence-electron chi connectivity index (χ0n) is 16.0. The molecule has 0 bridgehead atoms. The molecule has 2 N–H and O–H groups in total. The molecular formula is C21H22ClN3O2S. The van der Waals surface area contributed by atoms with Crippen molar-refractivity contribution in [1.82, 2.24) is 9.97 Å². The number of methoxy groups -OCH3 is 1. The van der Waals surface area contributed by atoms with E-state index in [1.807, 2.05) is 32.0 Å². The molecule has 0 aliphatic rings. The van der Waals surface area contributed by atoms with Crippen LogP contribution in [0.2, 0.25) is 5.02 Å². The summed E-state index contributed by atoms with van der Waals surface area (Å²) >= 11 is 7.48. The molecule has 0 unspecified atom stereocenters. The van der Waals surface area contributed by atoms with E-state index in [0.29, 0.717) is 16.5 Å². The molecule has 5 nitrogen and oxygen atoms in total. The lowest BCUT2D eigenvalue weighted by atomic mass is 10.1. The molecular weight excluding hydrogens is 394 g/mol. The highest BCUT2D eigenvalue weighted by Gasteiger charge is 2.13. The second-order valence-corrected chi connectivity index (χ2v) is 7.79. The third kappa shape index (κ3) is 5.09. The van der Waals surface area contributed by atoms with Gasteiger partial charge in [0.15, 0.2) is 5.16 Å². The summed E-state index contributed by atoms with van der Waals surface area (Å²) in [5, 5.41) is 4.21. The first-order valence-corrected chi connectivity index (χ1v) is 10.2. The van der Waals surface area contributed by atoms with Crippen LogP contribution in [-0.4, -0.2) is 28.7 Å². The molecule has 1 heterocycles. The van der Waals surface area contributed by atoms with Gasteiger partial charge in [-0.3, -0.25) is 4.79 Å². The fourth-order valence-electron chi connectivity index (χ4n) is 2.75. The number of amides is 1. The fraction of sp³-hybridized carbons (Fsp3) is 0.238. The smallest absolute Gasteiger partial charge is 0.234 e. The molecule has 0 fully saturated rings. The van der Waals surface area contributed by atoms with Crippen LogP contribution in [0.4, 0.5) is 5.69 Å². The number of nitrogens with one attached hydrogen (secondary N) is 2. The van der Waals surface area contributed by atoms with Crippen LogP contribution in [0.5, 0.6) is 5.75 Å². The average molecular weight is 416 g/mol. The van der Waals surface area contributed by atoms with Crippen molar-refractivity contribution < 1.29 is 9.53 Å². The summed E-state index contributed by atoms with van der Waals surface area (Å²) in [6.45, 7) is 3.88. The molecule has 0 aliphatic heterocycles. The molecule has 0 aliphatic carbocycles. The van der Waals surface area contributed by atoms with Crippen LogP contribution in [0.25, 0.3) is 0 Å². The molecule has 28 heavy (non-hydrogen) atoms. The first kappa shape index (κ1) is 20.3. The first-order chi connectivity index (χ1) is 13.5. The van der Waals surface area contributed by atoms with Crippen molar-refractivity contribution in [2.45, 2.75) is 25.4 Å². The Balaban J connectivity index is 1.61. The topological polar surface area (TPSA) is 67.0 Å². The van der Waals surface area contributed by atoms with Gasteiger partial charge < -0.3 is 15.0 Å². The summed E-state index contributed by atoms with van der Waals surface area (Å²) in [6.07, 6.45) is 0.761. The van der Waals surface area contributed by atoms with Crippen molar-refractivity contribution in [2.24, 2.45) is 0 Å². The Kier molecular flexibility index (Phi) is 6.65. The molecule has 0 saturated carbocycles. The lowest BCUT2D eigenvalue weighted by Gasteiger charge is -2.12. The summed E-state index contributed by atoms with van der Waals surface area (Å²) in [7, 11) is 1.55. The van der Waals surface area contributed by atoms with Crippen molar-refractivity contribution in [3.05, 3.63) is 70.0 Å². The van der Waals surface area contributed by atoms with Gasteiger partial charge in [-0.15, -0.1) is 0 Å². The number of aromatic amines is 1. The second kappa shape index (κ2) is 9.17. The molecule has 0 saturated heterocycles. The maximum Gasteiger partial charge on any atom is 0.234 e. The molecule has 0 radical (unpaired) electrons. The number of aryl methyl sites for hydroxylation is 2. The van der Waals surface area contributed by atoms with E-state index in [2.05, 4.69) is 27.4 Å². The summed E-state index contributed by atoms with van der Waals surface area (Å²) in [5.74, 6) is 0.638. The van der Waals surface area contributed by atoms with Crippen molar-refractivity contribution >= 4 is 35.0 Å². The predicted octanol–water partition coefficient (Wildman–Crippen LogP) is 5.01. The number of carbonyl (C=O) groups excluding carboxylic acids is 1. The number of carbonyl (C=O) groups is 1. The van der Waals surface area contributed by atoms with E-state index in [1.165, 1.54) is 17.3 Å². The standard InChI is InChI=1S/C21H22ClN3O2S/c1-13-9-18(19(27-3)11-16(13)22)24-20(26)12-28-21-23-14(2)17(25-21)10-15-7-5-4-6-8-15/h4-9,11H,10,12H2,1-3H3,(H,23,25)(H,24,26). The maximum absolute atomic E-state index is 12.4. The second-order valence-electron chi connectivity index (χ2n) is 6.41. The Labute approximate surface area is 173 Å². The van der Waals surface area contributed by atoms with Gasteiger partial charge in [-0.2, -0.15) is 0 Å². The lowest BCUT2D eigenvalue weighted by molar-refractivity contribution is -0.113. The van der Waals surface area contributed by atoms with Gasteiger partial charge in [-0.1, -0.05) is 53.7 Å². The van der Waals surface area contributed by atoms with Gasteiger partial charge in [0, 0.05) is 23.2 Å². The average Bonchev–Trinajstić information content (AvgIpc) is 3.03. The minimum atomic E-state index is -0.135. The van der Waals surface area contributed by atoms with Crippen LogP contribution in [0.3, 0.4) is 0 Å². The number of hydrogen-bond acceptors (Lipinski definition) is 4. The van der Waals surface area contributed by atoms with Crippen LogP contribution in [0, 0.1) is 13.8 Å². The van der Waals surface area contributed by atoms with E-state index in [1.54, 1.807) is 19.2 Å². The molecule has 3 aromatic rings. The fourth-order valence-corrected chi connectivity index (χ4v) is 3.64. The number of hydrogen-bond donors (Lipinski definition) is 2. The zero-order valence-corrected chi connectivity index (χ0v) is 17.6. The molecule has 146 valence electrons. The summed E-state index contributed by atoms with van der Waals surface area (Å²) in [6, 6.07) is 13.7. The van der Waals surface area contributed by atoms with Gasteiger partial charge in [-0.05, 0) is 31.0 Å². The number of aromatic nitrogens is 2. The number of anilines is 1. The summed E-state index contributed by atoms with van der Waals surface area (Å²) in [5.41, 5.74) is 4.69. The largest absolute Gasteiger partial charge is 0.495 e. The third-order valence-corrected chi connectivity index (χ3v) is 5.55. The Morgan fingerprint density at radius 3 is 2.71 bits per heavy atom. The van der Waals surface area contributed by atoms with Crippen LogP contribution >= 0.6 is 23.4 Å². The van der Waals surface area contributed by atoms with E-state index in [9.17, 15) is 4.79 Å². The maximum atomic E-state index is 12.4. The van der Waals surface area contributed by atoms with Gasteiger partial charge in [0.05, 0.1) is 24.2 Å². The number of ether oxygens (including phenoxy) is 1. The molecule has 7 heteroatoms. The summed E-state index contributed by atoms with van der Waals surface area (Å²) in [4.78, 5) is 20.3. The van der Waals surface area contributed by atoms with Crippen molar-refractivity contribution in [3.63, 3.8) is 0 Å². The zero-order chi connectivity index (χ0) is 20.1. The minimum Gasteiger partial charge on any atom is -0.495 e. The van der Waals surface area contributed by atoms with Crippen LogP contribution in [-0.2, 0) is 11.2 Å². The van der Waals surface area contributed by atoms with E-state index in [0.717, 1.165) is 28.5 Å². The minimum absolute atomic E-state index is 0.135. The predicted molar refractivity (Wildman–Crippen MR) is 115 cm³/mol. The normalized spacial score (nSPS) is 10.7. The third-order valence-electron chi connectivity index (χ3n) is 4.27. The van der Waals surface area contributed by atoms with Crippen LogP contribution < -0.4 is 10.1 Å². The number of rotatable bonds is 7. The van der Waals surface area contributed by atoms with E-state index >= 15 is 0 Å². The van der Waals surface area contributed by atoms with Crippen LogP contribution in [0.1, 0.15) is 22.5 Å². The van der Waals surface area contributed by atoms with E-state index in [4.69, 9.17) is 16.3 Å².